The van der Waals surface area contributed by atoms with Gasteiger partial charge in [0.2, 0.25) is 5.95 Å². The molecule has 2 aromatic rings. The molecule has 1 atom stereocenters. The molecule has 1 saturated heterocycles. The Labute approximate surface area is 163 Å². The lowest BCUT2D eigenvalue weighted by Gasteiger charge is -2.26. The maximum Gasteiger partial charge on any atom is 0.251 e. The Balaban J connectivity index is 1.47. The van der Waals surface area contributed by atoms with Crippen molar-refractivity contribution >= 4 is 32.6 Å². The number of rotatable bonds is 4. The lowest BCUT2D eigenvalue weighted by Crippen LogP contribution is -2.35. The molecule has 28 heavy (non-hydrogen) atoms. The van der Waals surface area contributed by atoms with E-state index in [0.717, 1.165) is 31.1 Å². The van der Waals surface area contributed by atoms with Crippen molar-refractivity contribution in [1.29, 1.82) is 0 Å². The van der Waals surface area contributed by atoms with Gasteiger partial charge in [0.25, 0.3) is 5.91 Å². The molecule has 3 N–H and O–H groups in total. The van der Waals surface area contributed by atoms with Crippen LogP contribution in [0.5, 0.6) is 0 Å². The van der Waals surface area contributed by atoms with Crippen LogP contribution >= 0.6 is 0 Å². The summed E-state index contributed by atoms with van der Waals surface area (Å²) in [5, 5.41) is 16.5. The highest BCUT2D eigenvalue weighted by Gasteiger charge is 2.29. The fourth-order valence-electron chi connectivity index (χ4n) is 3.81. The van der Waals surface area contributed by atoms with Crippen molar-refractivity contribution < 1.29 is 18.3 Å². The molecule has 1 saturated carbocycles. The number of benzene rings is 1. The molecular formula is C19H24N4O4S. The summed E-state index contributed by atoms with van der Waals surface area (Å²) in [5.41, 5.74) is 1.10. The Hall–Kier alpha value is -2.26. The number of fused-ring (bicyclic) bond motifs is 1. The molecule has 1 amide bonds. The van der Waals surface area contributed by atoms with Crippen LogP contribution in [0.3, 0.4) is 0 Å². The second kappa shape index (κ2) is 7.63. The first-order chi connectivity index (χ1) is 13.4. The molecule has 1 aliphatic heterocycles. The maximum atomic E-state index is 12.5. The monoisotopic (exact) mass is 404 g/mol. The van der Waals surface area contributed by atoms with Crippen LogP contribution in [-0.2, 0) is 9.84 Å². The molecule has 0 bridgehead atoms. The van der Waals surface area contributed by atoms with E-state index in [1.165, 1.54) is 0 Å². The molecule has 1 aromatic carbocycles. The average Bonchev–Trinajstić information content (AvgIpc) is 3.01. The standard InChI is InChI=1S/C19H24N4O4S/c24-16-5-3-14(4-6-16)22-19-20-10-13-2-1-12(9-17(13)23-19)18(25)21-15-7-8-28(26,27)11-15/h1-2,9-10,14-16,24H,3-8,11H2,(H,21,25)(H,20,22,23). The summed E-state index contributed by atoms with van der Waals surface area (Å²) in [6.07, 6.45) is 5.23. The second-order valence-electron chi connectivity index (χ2n) is 7.69. The molecule has 1 aliphatic carbocycles. The maximum absolute atomic E-state index is 12.5. The van der Waals surface area contributed by atoms with Crippen molar-refractivity contribution in [3.05, 3.63) is 30.0 Å². The minimum atomic E-state index is -3.04. The highest BCUT2D eigenvalue weighted by molar-refractivity contribution is 7.91. The van der Waals surface area contributed by atoms with Crippen LogP contribution in [0, 0.1) is 0 Å². The summed E-state index contributed by atoms with van der Waals surface area (Å²) < 4.78 is 23.1. The summed E-state index contributed by atoms with van der Waals surface area (Å²) in [6, 6.07) is 5.08. The van der Waals surface area contributed by atoms with Crippen molar-refractivity contribution in [1.82, 2.24) is 15.3 Å². The smallest absolute Gasteiger partial charge is 0.251 e. The lowest BCUT2D eigenvalue weighted by molar-refractivity contribution is 0.0941. The van der Waals surface area contributed by atoms with E-state index < -0.39 is 9.84 Å². The third-order valence-corrected chi connectivity index (χ3v) is 7.21. The first kappa shape index (κ1) is 19.1. The molecule has 0 spiro atoms. The van der Waals surface area contributed by atoms with E-state index in [0.29, 0.717) is 23.4 Å². The van der Waals surface area contributed by atoms with E-state index in [1.807, 2.05) is 0 Å². The van der Waals surface area contributed by atoms with Gasteiger partial charge in [-0.25, -0.2) is 18.4 Å². The van der Waals surface area contributed by atoms with Gasteiger partial charge in [0, 0.05) is 29.2 Å². The predicted octanol–water partition coefficient (Wildman–Crippen LogP) is 1.26. The molecule has 1 aromatic heterocycles. The van der Waals surface area contributed by atoms with Gasteiger partial charge in [-0.2, -0.15) is 0 Å². The highest BCUT2D eigenvalue weighted by atomic mass is 32.2. The first-order valence-corrected chi connectivity index (χ1v) is 11.4. The van der Waals surface area contributed by atoms with Gasteiger partial charge < -0.3 is 15.7 Å². The number of amides is 1. The van der Waals surface area contributed by atoms with Gasteiger partial charge in [-0.05, 0) is 44.2 Å². The lowest BCUT2D eigenvalue weighted by atomic mass is 9.93. The molecule has 1 unspecified atom stereocenters. The summed E-state index contributed by atoms with van der Waals surface area (Å²) in [6.45, 7) is 0. The Kier molecular flexibility index (Phi) is 5.20. The number of hydrogen-bond donors (Lipinski definition) is 3. The van der Waals surface area contributed by atoms with Crippen LogP contribution in [0.2, 0.25) is 0 Å². The normalized spacial score (nSPS) is 26.8. The van der Waals surface area contributed by atoms with E-state index in [2.05, 4.69) is 20.6 Å². The molecule has 2 fully saturated rings. The van der Waals surface area contributed by atoms with Crippen molar-refractivity contribution in [3.63, 3.8) is 0 Å². The van der Waals surface area contributed by atoms with Crippen molar-refractivity contribution in [2.45, 2.75) is 50.3 Å². The minimum absolute atomic E-state index is 0.00134. The van der Waals surface area contributed by atoms with Crippen molar-refractivity contribution in [2.24, 2.45) is 0 Å². The number of hydrogen-bond acceptors (Lipinski definition) is 7. The summed E-state index contributed by atoms with van der Waals surface area (Å²) in [4.78, 5) is 21.4. The van der Waals surface area contributed by atoms with Gasteiger partial charge in [-0.1, -0.05) is 6.07 Å². The SMILES string of the molecule is O=C(NC1CCS(=O)(=O)C1)c1ccc2cnc(NC3CCC(O)CC3)nc2c1. The molecular weight excluding hydrogens is 380 g/mol. The van der Waals surface area contributed by atoms with Crippen molar-refractivity contribution in [3.8, 4) is 0 Å². The topological polar surface area (TPSA) is 121 Å². The Morgan fingerprint density at radius 1 is 1.11 bits per heavy atom. The molecule has 0 radical (unpaired) electrons. The van der Waals surface area contributed by atoms with Gasteiger partial charge in [-0.3, -0.25) is 4.79 Å². The average molecular weight is 404 g/mol. The van der Waals surface area contributed by atoms with E-state index in [9.17, 15) is 18.3 Å². The Morgan fingerprint density at radius 2 is 1.89 bits per heavy atom. The fraction of sp³-hybridized carbons (Fsp3) is 0.526. The number of nitrogens with one attached hydrogen (secondary N) is 2. The van der Waals surface area contributed by atoms with Gasteiger partial charge in [0.15, 0.2) is 9.84 Å². The highest BCUT2D eigenvalue weighted by Crippen LogP contribution is 2.22. The number of carbonyl (C=O) groups excluding carboxylic acids is 1. The van der Waals surface area contributed by atoms with Gasteiger partial charge >= 0.3 is 0 Å². The molecule has 2 aliphatic rings. The third kappa shape index (κ3) is 4.41. The van der Waals surface area contributed by atoms with Crippen molar-refractivity contribution in [2.75, 3.05) is 16.8 Å². The molecule has 8 nitrogen and oxygen atoms in total. The largest absolute Gasteiger partial charge is 0.393 e. The Bertz CT molecular complexity index is 987. The summed E-state index contributed by atoms with van der Waals surface area (Å²) in [5.74, 6) is 0.334. The molecule has 2 heterocycles. The van der Waals surface area contributed by atoms with Gasteiger partial charge in [0.1, 0.15) is 0 Å². The zero-order valence-corrected chi connectivity index (χ0v) is 16.3. The number of aliphatic hydroxyl groups is 1. The van der Waals surface area contributed by atoms with Crippen LogP contribution in [0.1, 0.15) is 42.5 Å². The number of anilines is 1. The van der Waals surface area contributed by atoms with Crippen LogP contribution in [-0.4, -0.2) is 59.1 Å². The number of carbonyl (C=O) groups is 1. The molecule has 9 heteroatoms. The fourth-order valence-corrected chi connectivity index (χ4v) is 5.49. The second-order valence-corrected chi connectivity index (χ2v) is 9.92. The number of aromatic nitrogens is 2. The summed E-state index contributed by atoms with van der Waals surface area (Å²) in [7, 11) is -3.04. The zero-order chi connectivity index (χ0) is 19.7. The summed E-state index contributed by atoms with van der Waals surface area (Å²) >= 11 is 0. The van der Waals surface area contributed by atoms with Crippen LogP contribution in [0.25, 0.3) is 10.9 Å². The quantitative estimate of drug-likeness (QED) is 0.701. The molecule has 150 valence electrons. The van der Waals surface area contributed by atoms with E-state index >= 15 is 0 Å². The van der Waals surface area contributed by atoms with E-state index in [1.54, 1.807) is 24.4 Å². The third-order valence-electron chi connectivity index (χ3n) is 5.44. The van der Waals surface area contributed by atoms with Crippen LogP contribution < -0.4 is 10.6 Å². The van der Waals surface area contributed by atoms with Gasteiger partial charge in [0.05, 0.1) is 23.1 Å². The number of aliphatic hydroxyl groups excluding tert-OH is 1. The molecule has 4 rings (SSSR count). The van der Waals surface area contributed by atoms with Gasteiger partial charge in [-0.15, -0.1) is 0 Å². The Morgan fingerprint density at radius 3 is 2.61 bits per heavy atom. The van der Waals surface area contributed by atoms with E-state index in [4.69, 9.17) is 0 Å². The van der Waals surface area contributed by atoms with E-state index in [-0.39, 0.29) is 35.6 Å². The predicted molar refractivity (Wildman–Crippen MR) is 106 cm³/mol. The van der Waals surface area contributed by atoms with Crippen LogP contribution in [0.4, 0.5) is 5.95 Å². The first-order valence-electron chi connectivity index (χ1n) is 9.61. The minimum Gasteiger partial charge on any atom is -0.393 e. The zero-order valence-electron chi connectivity index (χ0n) is 15.5. The number of sulfone groups is 1. The van der Waals surface area contributed by atoms with Crippen LogP contribution in [0.15, 0.2) is 24.4 Å². The number of nitrogens with zero attached hydrogens (tertiary/aromatic N) is 2.